The second-order valence-electron chi connectivity index (χ2n) is 11.6. The third-order valence-electron chi connectivity index (χ3n) is 6.66. The molecule has 0 heterocycles. The highest BCUT2D eigenvalue weighted by Gasteiger charge is 2.29. The summed E-state index contributed by atoms with van der Waals surface area (Å²) in [4.78, 5) is 26.2. The quantitative estimate of drug-likeness (QED) is 0.0484. The highest BCUT2D eigenvalue weighted by Crippen LogP contribution is 2.28. The van der Waals surface area contributed by atoms with Gasteiger partial charge in [-0.25, -0.2) is 0 Å². The van der Waals surface area contributed by atoms with E-state index in [-0.39, 0.29) is 18.4 Å². The summed E-state index contributed by atoms with van der Waals surface area (Å²) in [7, 11) is 1.72. The van der Waals surface area contributed by atoms with Gasteiger partial charge in [0.2, 0.25) is 5.91 Å². The molecule has 9 nitrogen and oxygen atoms in total. The molecular formula is C38H64F3N7O2. The van der Waals surface area contributed by atoms with Crippen molar-refractivity contribution in [3.63, 3.8) is 0 Å². The van der Waals surface area contributed by atoms with Crippen molar-refractivity contribution in [1.29, 1.82) is 0 Å². The number of aldehydes is 1. The van der Waals surface area contributed by atoms with Gasteiger partial charge in [0, 0.05) is 18.8 Å². The molecule has 2 unspecified atom stereocenters. The van der Waals surface area contributed by atoms with Crippen LogP contribution in [0.1, 0.15) is 83.9 Å². The number of hydrogen-bond acceptors (Lipinski definition) is 6. The SMILES string of the molecule is CC/C=C(/CNCCC)NCC=O.CCC.CCCc1ccccc1CC(C)CNC(=O)C(CN=C(N)N)NC.FC(F)(F)c1ccccc1. The van der Waals surface area contributed by atoms with Gasteiger partial charge < -0.3 is 37.5 Å². The first-order valence-corrected chi connectivity index (χ1v) is 17.6. The van der Waals surface area contributed by atoms with Gasteiger partial charge in [0.1, 0.15) is 12.3 Å². The summed E-state index contributed by atoms with van der Waals surface area (Å²) in [6.45, 7) is 15.9. The lowest BCUT2D eigenvalue weighted by Gasteiger charge is -2.18. The van der Waals surface area contributed by atoms with Gasteiger partial charge in [-0.1, -0.05) is 115 Å². The number of benzene rings is 2. The molecule has 8 N–H and O–H groups in total. The van der Waals surface area contributed by atoms with Crippen molar-refractivity contribution < 1.29 is 22.8 Å². The Labute approximate surface area is 299 Å². The zero-order valence-electron chi connectivity index (χ0n) is 31.3. The molecule has 2 aromatic rings. The van der Waals surface area contributed by atoms with Crippen molar-refractivity contribution >= 4 is 18.2 Å². The van der Waals surface area contributed by atoms with Crippen LogP contribution in [0.5, 0.6) is 0 Å². The van der Waals surface area contributed by atoms with E-state index in [0.29, 0.717) is 19.0 Å². The number of likely N-dealkylation sites (N-methyl/N-ethyl adjacent to an activating group) is 1. The Morgan fingerprint density at radius 3 is 2.00 bits per heavy atom. The van der Waals surface area contributed by atoms with Crippen LogP contribution in [-0.4, -0.2) is 64.0 Å². The number of aliphatic imine (C=N–C) groups is 1. The number of hydrogen-bond donors (Lipinski definition) is 6. The number of amides is 1. The fraction of sp³-hybridized carbons (Fsp3) is 0.553. The van der Waals surface area contributed by atoms with Gasteiger partial charge in [-0.15, -0.1) is 0 Å². The van der Waals surface area contributed by atoms with Crippen LogP contribution in [0.2, 0.25) is 0 Å². The second kappa shape index (κ2) is 31.1. The smallest absolute Gasteiger partial charge is 0.381 e. The number of carbonyl (C=O) groups excluding carboxylic acids is 2. The standard InChI is InChI=1S/C18H31N5O.C10H20N2O.C7H5F3.C3H8/c1-4-7-14-8-5-6-9-15(14)10-13(2)11-22-17(24)16(21-3)12-23-18(19)20;1-3-5-10(12-7-8-13)9-11-6-4-2;8-7(9,10)6-4-2-1-3-5-6;1-3-2/h5-6,8-9,13,16,21H,4,7,10-12H2,1-3H3,(H,22,24)(H4,19,20,23);5,8,11-12H,3-4,6-7,9H2,1-2H3;1-5H;3H2,1-2H3/b;10-5-;;. The van der Waals surface area contributed by atoms with E-state index in [1.54, 1.807) is 13.1 Å². The molecule has 0 radical (unpaired) electrons. The Kier molecular flexibility index (Phi) is 30.0. The zero-order chi connectivity index (χ0) is 38.2. The predicted molar refractivity (Wildman–Crippen MR) is 203 cm³/mol. The molecule has 1 amide bonds. The molecule has 0 aliphatic carbocycles. The Balaban J connectivity index is 0. The summed E-state index contributed by atoms with van der Waals surface area (Å²) >= 11 is 0. The third kappa shape index (κ3) is 26.0. The van der Waals surface area contributed by atoms with E-state index in [1.165, 1.54) is 29.7 Å². The number of nitrogens with zero attached hydrogens (tertiary/aromatic N) is 1. The minimum absolute atomic E-state index is 0.0102. The molecule has 2 rings (SSSR count). The molecule has 0 aliphatic rings. The molecule has 2 atom stereocenters. The fourth-order valence-corrected chi connectivity index (χ4v) is 4.27. The number of alkyl halides is 3. The second-order valence-corrected chi connectivity index (χ2v) is 11.6. The first kappa shape index (κ1) is 48.2. The Bertz CT molecular complexity index is 1190. The number of carbonyl (C=O) groups is 2. The molecule has 2 aromatic carbocycles. The van der Waals surface area contributed by atoms with Gasteiger partial charge >= 0.3 is 6.18 Å². The number of halogens is 3. The number of allylic oxidation sites excluding steroid dienone is 1. The summed E-state index contributed by atoms with van der Waals surface area (Å²) in [5.41, 5.74) is 13.9. The van der Waals surface area contributed by atoms with E-state index in [4.69, 9.17) is 11.5 Å². The molecule has 0 aromatic heterocycles. The highest BCUT2D eigenvalue weighted by molar-refractivity contribution is 5.83. The number of nitrogens with two attached hydrogens (primary N) is 2. The molecule has 284 valence electrons. The lowest BCUT2D eigenvalue weighted by atomic mass is 9.94. The Hall–Kier alpha value is -3.90. The fourth-order valence-electron chi connectivity index (χ4n) is 4.27. The number of rotatable bonds is 18. The number of nitrogens with one attached hydrogen (secondary N) is 4. The molecule has 0 fully saturated rings. The van der Waals surface area contributed by atoms with Gasteiger partial charge in [-0.3, -0.25) is 9.79 Å². The van der Waals surface area contributed by atoms with E-state index in [1.807, 2.05) is 0 Å². The summed E-state index contributed by atoms with van der Waals surface area (Å²) in [5, 5.41) is 12.2. The van der Waals surface area contributed by atoms with Crippen LogP contribution in [0.15, 0.2) is 71.4 Å². The van der Waals surface area contributed by atoms with Crippen LogP contribution in [0.3, 0.4) is 0 Å². The van der Waals surface area contributed by atoms with Crippen molar-refractivity contribution in [2.24, 2.45) is 22.4 Å². The highest BCUT2D eigenvalue weighted by atomic mass is 19.4. The molecule has 0 aliphatic heterocycles. The van der Waals surface area contributed by atoms with Crippen molar-refractivity contribution in [2.75, 3.05) is 39.8 Å². The molecule has 0 saturated heterocycles. The van der Waals surface area contributed by atoms with E-state index in [2.05, 4.69) is 98.1 Å². The lowest BCUT2D eigenvalue weighted by molar-refractivity contribution is -0.137. The average Bonchev–Trinajstić information content (AvgIpc) is 3.08. The monoisotopic (exact) mass is 708 g/mol. The summed E-state index contributed by atoms with van der Waals surface area (Å²) < 4.78 is 35.4. The van der Waals surface area contributed by atoms with Gasteiger partial charge in [0.25, 0.3) is 0 Å². The average molecular weight is 708 g/mol. The van der Waals surface area contributed by atoms with Crippen LogP contribution >= 0.6 is 0 Å². The van der Waals surface area contributed by atoms with Crippen molar-refractivity contribution in [3.05, 3.63) is 83.1 Å². The Morgan fingerprint density at radius 1 is 0.920 bits per heavy atom. The first-order chi connectivity index (χ1) is 23.8. The van der Waals surface area contributed by atoms with Gasteiger partial charge in [-0.2, -0.15) is 13.2 Å². The summed E-state index contributed by atoms with van der Waals surface area (Å²) in [5.74, 6) is 0.257. The third-order valence-corrected chi connectivity index (χ3v) is 6.66. The van der Waals surface area contributed by atoms with Crippen LogP contribution in [0, 0.1) is 5.92 Å². The number of aryl methyl sites for hydroxylation is 1. The van der Waals surface area contributed by atoms with Crippen LogP contribution in [-0.2, 0) is 28.6 Å². The van der Waals surface area contributed by atoms with Crippen molar-refractivity contribution in [2.45, 2.75) is 92.3 Å². The molecule has 0 spiro atoms. The van der Waals surface area contributed by atoms with E-state index < -0.39 is 17.8 Å². The van der Waals surface area contributed by atoms with E-state index in [0.717, 1.165) is 69.3 Å². The van der Waals surface area contributed by atoms with E-state index >= 15 is 0 Å². The maximum Gasteiger partial charge on any atom is 0.416 e. The summed E-state index contributed by atoms with van der Waals surface area (Å²) in [6.07, 6.45) is 5.33. The Morgan fingerprint density at radius 2 is 1.52 bits per heavy atom. The normalized spacial score (nSPS) is 11.9. The van der Waals surface area contributed by atoms with Crippen LogP contribution < -0.4 is 32.7 Å². The predicted octanol–water partition coefficient (Wildman–Crippen LogP) is 5.99. The maximum atomic E-state index is 12.2. The first-order valence-electron chi connectivity index (χ1n) is 17.6. The summed E-state index contributed by atoms with van der Waals surface area (Å²) in [6, 6.07) is 14.5. The molecule has 12 heteroatoms. The molecular weight excluding hydrogens is 643 g/mol. The maximum absolute atomic E-state index is 12.2. The van der Waals surface area contributed by atoms with Gasteiger partial charge in [-0.05, 0) is 56.3 Å². The topological polar surface area (TPSA) is 147 Å². The van der Waals surface area contributed by atoms with Crippen LogP contribution in [0.4, 0.5) is 13.2 Å². The largest absolute Gasteiger partial charge is 0.416 e. The number of guanidine groups is 1. The molecule has 50 heavy (non-hydrogen) atoms. The van der Waals surface area contributed by atoms with Crippen molar-refractivity contribution in [1.82, 2.24) is 21.3 Å². The van der Waals surface area contributed by atoms with Crippen LogP contribution in [0.25, 0.3) is 0 Å². The minimum Gasteiger partial charge on any atom is -0.381 e. The van der Waals surface area contributed by atoms with Gasteiger partial charge in [0.05, 0.1) is 18.7 Å². The minimum atomic E-state index is -4.21. The lowest BCUT2D eigenvalue weighted by Crippen LogP contribution is -2.46. The molecule has 0 bridgehead atoms. The van der Waals surface area contributed by atoms with Crippen molar-refractivity contribution in [3.8, 4) is 0 Å². The molecule has 0 saturated carbocycles. The zero-order valence-corrected chi connectivity index (χ0v) is 31.3. The van der Waals surface area contributed by atoms with Gasteiger partial charge in [0.15, 0.2) is 5.96 Å². The van der Waals surface area contributed by atoms with E-state index in [9.17, 15) is 22.8 Å².